The molecular formula is C18H15F2N3O3S. The highest BCUT2D eigenvalue weighted by Crippen LogP contribution is 2.23. The van der Waals surface area contributed by atoms with Crippen LogP contribution in [0, 0.1) is 11.6 Å². The van der Waals surface area contributed by atoms with Crippen molar-refractivity contribution in [1.82, 2.24) is 14.7 Å². The van der Waals surface area contributed by atoms with Crippen LogP contribution in [0.4, 0.5) is 8.78 Å². The smallest absolute Gasteiger partial charge is 0.201 e. The second kappa shape index (κ2) is 8.28. The van der Waals surface area contributed by atoms with Crippen LogP contribution in [0.3, 0.4) is 0 Å². The summed E-state index contributed by atoms with van der Waals surface area (Å²) in [6.45, 7) is 0.127. The zero-order valence-corrected chi connectivity index (χ0v) is 14.9. The number of aromatic nitrogens is 2. The predicted octanol–water partition coefficient (Wildman–Crippen LogP) is 2.19. The molecule has 0 fully saturated rings. The summed E-state index contributed by atoms with van der Waals surface area (Å²) in [4.78, 5) is 20.9. The van der Waals surface area contributed by atoms with Crippen LogP contribution in [0.2, 0.25) is 0 Å². The Morgan fingerprint density at radius 3 is 2.52 bits per heavy atom. The molecule has 27 heavy (non-hydrogen) atoms. The second-order valence-corrected chi connectivity index (χ2v) is 6.58. The third-order valence-corrected chi connectivity index (χ3v) is 4.48. The van der Waals surface area contributed by atoms with Gasteiger partial charge in [0.25, 0.3) is 0 Å². The summed E-state index contributed by atoms with van der Waals surface area (Å²) in [6, 6.07) is 6.73. The van der Waals surface area contributed by atoms with Crippen molar-refractivity contribution in [3.05, 3.63) is 71.1 Å². The lowest BCUT2D eigenvalue weighted by molar-refractivity contribution is 0.103. The number of nitrogens with one attached hydrogen (secondary N) is 1. The molecule has 1 heterocycles. The lowest BCUT2D eigenvalue weighted by Crippen LogP contribution is -2.14. The Labute approximate surface area is 155 Å². The molecule has 9 heteroatoms. The van der Waals surface area contributed by atoms with Crippen molar-refractivity contribution in [2.75, 3.05) is 6.54 Å². The average molecular weight is 391 g/mol. The molecule has 3 rings (SSSR count). The van der Waals surface area contributed by atoms with E-state index >= 15 is 0 Å². The molecule has 0 unspecified atom stereocenters. The SMILES string of the molecule is O=C(c1ccc2nccnc2c1)c1c(F)ccc(CCCN[SH](=O)=O)c1F. The Morgan fingerprint density at radius 2 is 1.78 bits per heavy atom. The molecule has 0 aliphatic rings. The maximum atomic E-state index is 14.7. The highest BCUT2D eigenvalue weighted by Gasteiger charge is 2.22. The minimum Gasteiger partial charge on any atom is -0.288 e. The van der Waals surface area contributed by atoms with Crippen molar-refractivity contribution in [2.45, 2.75) is 12.8 Å². The van der Waals surface area contributed by atoms with Crippen LogP contribution in [0.25, 0.3) is 11.0 Å². The van der Waals surface area contributed by atoms with Crippen molar-refractivity contribution in [2.24, 2.45) is 0 Å². The number of fused-ring (bicyclic) bond motifs is 1. The van der Waals surface area contributed by atoms with E-state index in [0.29, 0.717) is 17.5 Å². The van der Waals surface area contributed by atoms with E-state index in [1.165, 1.54) is 30.6 Å². The van der Waals surface area contributed by atoms with Gasteiger partial charge in [-0.3, -0.25) is 14.8 Å². The summed E-state index contributed by atoms with van der Waals surface area (Å²) in [7, 11) is -2.72. The van der Waals surface area contributed by atoms with Gasteiger partial charge < -0.3 is 0 Å². The van der Waals surface area contributed by atoms with E-state index < -0.39 is 33.9 Å². The van der Waals surface area contributed by atoms with Crippen LogP contribution in [-0.4, -0.2) is 30.7 Å². The monoisotopic (exact) mass is 391 g/mol. The van der Waals surface area contributed by atoms with E-state index in [4.69, 9.17) is 0 Å². The molecular weight excluding hydrogens is 376 g/mol. The molecule has 1 aromatic heterocycles. The fraction of sp³-hybridized carbons (Fsp3) is 0.167. The van der Waals surface area contributed by atoms with Crippen molar-refractivity contribution < 1.29 is 22.0 Å². The minimum atomic E-state index is -2.72. The van der Waals surface area contributed by atoms with E-state index in [1.54, 1.807) is 6.07 Å². The van der Waals surface area contributed by atoms with Gasteiger partial charge in [-0.2, -0.15) is 0 Å². The number of thiol groups is 1. The predicted molar refractivity (Wildman–Crippen MR) is 96.0 cm³/mol. The fourth-order valence-electron chi connectivity index (χ4n) is 2.69. The molecule has 0 saturated heterocycles. The van der Waals surface area contributed by atoms with Crippen LogP contribution in [0.15, 0.2) is 42.7 Å². The van der Waals surface area contributed by atoms with Gasteiger partial charge in [-0.1, -0.05) is 6.07 Å². The molecule has 0 spiro atoms. The number of ketones is 1. The molecule has 0 saturated carbocycles. The summed E-state index contributed by atoms with van der Waals surface area (Å²) < 4.78 is 52.1. The third kappa shape index (κ3) is 4.32. The van der Waals surface area contributed by atoms with Crippen LogP contribution in [0.1, 0.15) is 27.9 Å². The Morgan fingerprint density at radius 1 is 1.04 bits per heavy atom. The number of benzene rings is 2. The van der Waals surface area contributed by atoms with Gasteiger partial charge in [0.15, 0.2) is 5.78 Å². The van der Waals surface area contributed by atoms with E-state index in [0.717, 1.165) is 6.07 Å². The summed E-state index contributed by atoms with van der Waals surface area (Å²) in [5.41, 5.74) is 0.607. The maximum absolute atomic E-state index is 14.7. The molecule has 0 amide bonds. The lowest BCUT2D eigenvalue weighted by Gasteiger charge is -2.09. The molecule has 0 radical (unpaired) electrons. The highest BCUT2D eigenvalue weighted by atomic mass is 32.2. The van der Waals surface area contributed by atoms with Crippen molar-refractivity contribution in [1.29, 1.82) is 0 Å². The van der Waals surface area contributed by atoms with Gasteiger partial charge in [0.1, 0.15) is 11.6 Å². The molecule has 140 valence electrons. The van der Waals surface area contributed by atoms with Gasteiger partial charge >= 0.3 is 0 Å². The molecule has 0 aliphatic carbocycles. The number of nitrogens with zero attached hydrogens (tertiary/aromatic N) is 2. The van der Waals surface area contributed by atoms with Gasteiger partial charge in [-0.15, -0.1) is 0 Å². The standard InChI is InChI=1S/C18H15F2N3O3S/c19-13-5-3-11(2-1-7-23-27(25)26)17(20)16(13)18(24)12-4-6-14-15(10-12)22-9-8-21-14/h3-6,8-10,27H,1-2,7H2,(H,23,25,26). The quantitative estimate of drug-likeness (QED) is 0.366. The number of aryl methyl sites for hydroxylation is 1. The van der Waals surface area contributed by atoms with Crippen LogP contribution in [-0.2, 0) is 17.3 Å². The first-order valence-corrected chi connectivity index (χ1v) is 9.25. The normalized spacial score (nSPS) is 11.2. The Hall–Kier alpha value is -2.78. The van der Waals surface area contributed by atoms with Crippen LogP contribution < -0.4 is 4.72 Å². The van der Waals surface area contributed by atoms with E-state index in [9.17, 15) is 22.0 Å². The Bertz CT molecular complexity index is 1080. The molecule has 6 nitrogen and oxygen atoms in total. The zero-order valence-electron chi connectivity index (χ0n) is 14.0. The van der Waals surface area contributed by atoms with E-state index in [2.05, 4.69) is 14.7 Å². The van der Waals surface area contributed by atoms with Crippen LogP contribution in [0.5, 0.6) is 0 Å². The van der Waals surface area contributed by atoms with Crippen LogP contribution >= 0.6 is 0 Å². The highest BCUT2D eigenvalue weighted by molar-refractivity contribution is 7.70. The molecule has 1 N–H and O–H groups in total. The van der Waals surface area contributed by atoms with Crippen molar-refractivity contribution >= 4 is 27.7 Å². The summed E-state index contributed by atoms with van der Waals surface area (Å²) >= 11 is 0. The number of halogens is 2. The topological polar surface area (TPSA) is 89.0 Å². The molecule has 0 bridgehead atoms. The van der Waals surface area contributed by atoms with Crippen molar-refractivity contribution in [3.8, 4) is 0 Å². The molecule has 0 atom stereocenters. The fourth-order valence-corrected chi connectivity index (χ4v) is 3.04. The molecule has 3 aromatic rings. The largest absolute Gasteiger partial charge is 0.288 e. The third-order valence-electron chi connectivity index (χ3n) is 3.99. The Balaban J connectivity index is 1.89. The first-order valence-electron chi connectivity index (χ1n) is 8.07. The first-order chi connectivity index (χ1) is 13.0. The Kier molecular flexibility index (Phi) is 5.82. The number of carbonyl (C=O) groups excluding carboxylic acids is 1. The van der Waals surface area contributed by atoms with E-state index in [-0.39, 0.29) is 24.1 Å². The van der Waals surface area contributed by atoms with Gasteiger partial charge in [0.2, 0.25) is 10.9 Å². The average Bonchev–Trinajstić information content (AvgIpc) is 2.66. The lowest BCUT2D eigenvalue weighted by atomic mass is 9.97. The molecule has 0 aliphatic heterocycles. The van der Waals surface area contributed by atoms with Gasteiger partial charge in [0.05, 0.1) is 16.6 Å². The van der Waals surface area contributed by atoms with Gasteiger partial charge in [-0.25, -0.2) is 21.9 Å². The number of hydrogen-bond acceptors (Lipinski definition) is 5. The minimum absolute atomic E-state index is 0.1000. The summed E-state index contributed by atoms with van der Waals surface area (Å²) in [5, 5.41) is 0. The second-order valence-electron chi connectivity index (χ2n) is 5.75. The van der Waals surface area contributed by atoms with E-state index in [1.807, 2.05) is 0 Å². The molecule has 2 aromatic carbocycles. The maximum Gasteiger partial charge on any atom is 0.201 e. The number of hydrogen-bond donors (Lipinski definition) is 2. The summed E-state index contributed by atoms with van der Waals surface area (Å²) in [5.74, 6) is -2.69. The number of rotatable bonds is 7. The zero-order chi connectivity index (χ0) is 19.4. The summed E-state index contributed by atoms with van der Waals surface area (Å²) in [6.07, 6.45) is 3.43. The first kappa shape index (κ1) is 19.0. The van der Waals surface area contributed by atoms with Crippen molar-refractivity contribution in [3.63, 3.8) is 0 Å². The van der Waals surface area contributed by atoms with Gasteiger partial charge in [0, 0.05) is 24.5 Å². The number of carbonyl (C=O) groups is 1. The van der Waals surface area contributed by atoms with Gasteiger partial charge in [-0.05, 0) is 42.7 Å².